The molecular formula is C31H43N5O7. The number of amides is 4. The number of primary amides is 2. The smallest absolute Gasteiger partial charge is 0.417 e. The van der Waals surface area contributed by atoms with E-state index < -0.39 is 65.6 Å². The van der Waals surface area contributed by atoms with E-state index in [1.54, 1.807) is 56.0 Å². The highest BCUT2D eigenvalue weighted by Gasteiger charge is 2.65. The molecule has 2 aromatic carbocycles. The van der Waals surface area contributed by atoms with Crippen LogP contribution in [0.1, 0.15) is 51.2 Å². The van der Waals surface area contributed by atoms with Crippen LogP contribution in [0.4, 0.5) is 4.79 Å². The Bertz CT molecular complexity index is 1270. The Balaban J connectivity index is 2.19. The van der Waals surface area contributed by atoms with Gasteiger partial charge >= 0.3 is 6.09 Å². The number of aliphatic hydroxyl groups is 2. The van der Waals surface area contributed by atoms with Gasteiger partial charge in [0.05, 0.1) is 30.7 Å². The van der Waals surface area contributed by atoms with E-state index in [4.69, 9.17) is 21.9 Å². The standard InChI is InChI=1S/C31H43N5O7/c1-30(2,3)35-17-16-24(38)31(35,28(34)41)26(23(37)15-14-20-10-6-4-7-11-20)36(27(40)22(32)18-25(33)39)29(42)43-19-21-12-8-5-9-13-21/h4-13,22-24,26,37-38H,14-19,32H2,1-3H3,(H2,33,39)(H2,34,41)/t22-,23?,24-,26?,31-/m0/s1. The number of carbonyl (C=O) groups excluding carboxylic acids is 4. The van der Waals surface area contributed by atoms with E-state index in [-0.39, 0.29) is 26.0 Å². The maximum atomic E-state index is 14.0. The first-order valence-corrected chi connectivity index (χ1v) is 14.3. The number of imide groups is 1. The minimum absolute atomic E-state index is 0.0325. The topological polar surface area (TPSA) is 203 Å². The number of nitrogens with two attached hydrogens (primary N) is 3. The third-order valence-electron chi connectivity index (χ3n) is 7.83. The van der Waals surface area contributed by atoms with Gasteiger partial charge in [-0.1, -0.05) is 60.7 Å². The number of aryl methyl sites for hydroxylation is 1. The summed E-state index contributed by atoms with van der Waals surface area (Å²) in [7, 11) is 0. The van der Waals surface area contributed by atoms with Crippen LogP contribution in [0.5, 0.6) is 0 Å². The maximum absolute atomic E-state index is 14.0. The van der Waals surface area contributed by atoms with Crippen molar-refractivity contribution in [2.75, 3.05) is 6.54 Å². The molecule has 0 radical (unpaired) electrons. The number of nitrogens with zero attached hydrogens (tertiary/aromatic N) is 2. The number of aliphatic hydroxyl groups excluding tert-OH is 2. The summed E-state index contributed by atoms with van der Waals surface area (Å²) in [5, 5.41) is 23.4. The van der Waals surface area contributed by atoms with Crippen molar-refractivity contribution in [3.63, 3.8) is 0 Å². The Morgan fingerprint density at radius 1 is 1.02 bits per heavy atom. The number of ether oxygens (including phenoxy) is 1. The van der Waals surface area contributed by atoms with Gasteiger partial charge < -0.3 is 32.2 Å². The van der Waals surface area contributed by atoms with E-state index in [1.807, 2.05) is 30.3 Å². The molecule has 1 heterocycles. The molecule has 0 saturated carbocycles. The van der Waals surface area contributed by atoms with Gasteiger partial charge in [0.2, 0.25) is 17.7 Å². The summed E-state index contributed by atoms with van der Waals surface area (Å²) in [6, 6.07) is 14.5. The molecule has 12 nitrogen and oxygen atoms in total. The summed E-state index contributed by atoms with van der Waals surface area (Å²) in [6.45, 7) is 5.28. The summed E-state index contributed by atoms with van der Waals surface area (Å²) in [5.41, 5.74) is 15.9. The second-order valence-electron chi connectivity index (χ2n) is 11.9. The number of carbonyl (C=O) groups is 4. The summed E-state index contributed by atoms with van der Waals surface area (Å²) in [4.78, 5) is 55.4. The number of hydrogen-bond donors (Lipinski definition) is 5. The summed E-state index contributed by atoms with van der Waals surface area (Å²) in [6.07, 6.45) is -4.59. The molecule has 1 aliphatic heterocycles. The van der Waals surface area contributed by atoms with Crippen molar-refractivity contribution in [1.29, 1.82) is 0 Å². The molecule has 12 heteroatoms. The normalized spacial score (nSPS) is 21.0. The van der Waals surface area contributed by atoms with Gasteiger partial charge in [0.1, 0.15) is 6.61 Å². The fourth-order valence-corrected chi connectivity index (χ4v) is 5.92. The third kappa shape index (κ3) is 7.57. The lowest BCUT2D eigenvalue weighted by Gasteiger charge is -2.52. The average molecular weight is 598 g/mol. The molecule has 5 atom stereocenters. The van der Waals surface area contributed by atoms with E-state index in [0.717, 1.165) is 5.56 Å². The zero-order chi connectivity index (χ0) is 31.9. The zero-order valence-electron chi connectivity index (χ0n) is 24.9. The lowest BCUT2D eigenvalue weighted by Crippen LogP contribution is -2.77. The quantitative estimate of drug-likeness (QED) is 0.235. The molecule has 8 N–H and O–H groups in total. The van der Waals surface area contributed by atoms with Gasteiger partial charge in [-0.3, -0.25) is 19.3 Å². The number of rotatable bonds is 12. The summed E-state index contributed by atoms with van der Waals surface area (Å²) in [5.74, 6) is -3.07. The van der Waals surface area contributed by atoms with Gasteiger partial charge in [-0.15, -0.1) is 0 Å². The maximum Gasteiger partial charge on any atom is 0.417 e. The van der Waals surface area contributed by atoms with Crippen molar-refractivity contribution in [3.8, 4) is 0 Å². The van der Waals surface area contributed by atoms with Crippen molar-refractivity contribution in [2.45, 2.75) is 88.4 Å². The Labute approximate surface area is 251 Å². The Morgan fingerprint density at radius 3 is 2.09 bits per heavy atom. The molecule has 4 amide bonds. The summed E-state index contributed by atoms with van der Waals surface area (Å²) >= 11 is 0. The molecule has 0 aliphatic carbocycles. The second-order valence-corrected chi connectivity index (χ2v) is 11.9. The van der Waals surface area contributed by atoms with E-state index in [9.17, 15) is 29.4 Å². The molecule has 2 aromatic rings. The van der Waals surface area contributed by atoms with Crippen LogP contribution < -0.4 is 17.2 Å². The zero-order valence-corrected chi connectivity index (χ0v) is 24.9. The molecule has 1 aliphatic rings. The molecule has 2 unspecified atom stereocenters. The van der Waals surface area contributed by atoms with E-state index in [0.29, 0.717) is 16.9 Å². The van der Waals surface area contributed by atoms with Crippen LogP contribution in [0, 0.1) is 0 Å². The van der Waals surface area contributed by atoms with Crippen molar-refractivity contribution in [2.24, 2.45) is 17.2 Å². The molecular weight excluding hydrogens is 554 g/mol. The summed E-state index contributed by atoms with van der Waals surface area (Å²) < 4.78 is 5.53. The first-order chi connectivity index (χ1) is 20.2. The molecule has 3 rings (SSSR count). The van der Waals surface area contributed by atoms with Gasteiger partial charge in [0.15, 0.2) is 5.54 Å². The molecule has 43 heavy (non-hydrogen) atoms. The molecule has 0 bridgehead atoms. The first kappa shape index (κ1) is 33.7. The highest BCUT2D eigenvalue weighted by atomic mass is 16.6. The van der Waals surface area contributed by atoms with Crippen LogP contribution in [-0.4, -0.2) is 85.7 Å². The van der Waals surface area contributed by atoms with Gasteiger partial charge in [-0.05, 0) is 51.2 Å². The van der Waals surface area contributed by atoms with Crippen molar-refractivity contribution >= 4 is 23.8 Å². The van der Waals surface area contributed by atoms with Gasteiger partial charge in [0, 0.05) is 12.1 Å². The molecule has 234 valence electrons. The van der Waals surface area contributed by atoms with E-state index >= 15 is 0 Å². The van der Waals surface area contributed by atoms with Crippen LogP contribution in [-0.2, 0) is 32.1 Å². The SMILES string of the molecule is CC(C)(C)N1CC[C@H](O)[C@@]1(C(N)=O)C(C(O)CCc1ccccc1)N(C(=O)OCc1ccccc1)C(=O)[C@@H](N)CC(N)=O. The highest BCUT2D eigenvalue weighted by Crippen LogP contribution is 2.42. The van der Waals surface area contributed by atoms with Crippen LogP contribution in [0.2, 0.25) is 0 Å². The monoisotopic (exact) mass is 597 g/mol. The lowest BCUT2D eigenvalue weighted by atomic mass is 9.76. The van der Waals surface area contributed by atoms with E-state index in [2.05, 4.69) is 0 Å². The predicted octanol–water partition coefficient (Wildman–Crippen LogP) is 0.806. The average Bonchev–Trinajstić information content (AvgIpc) is 3.31. The number of likely N-dealkylation sites (tertiary alicyclic amines) is 1. The third-order valence-corrected chi connectivity index (χ3v) is 7.83. The highest BCUT2D eigenvalue weighted by molar-refractivity contribution is 5.99. The van der Waals surface area contributed by atoms with Crippen LogP contribution >= 0.6 is 0 Å². The lowest BCUT2D eigenvalue weighted by molar-refractivity contribution is -0.161. The van der Waals surface area contributed by atoms with Crippen molar-refractivity contribution < 1.29 is 34.1 Å². The largest absolute Gasteiger partial charge is 0.444 e. The number of benzene rings is 2. The predicted molar refractivity (Wildman–Crippen MR) is 159 cm³/mol. The molecule has 0 aromatic heterocycles. The van der Waals surface area contributed by atoms with Crippen LogP contribution in [0.25, 0.3) is 0 Å². The molecule has 1 saturated heterocycles. The Kier molecular flexibility index (Phi) is 11.0. The van der Waals surface area contributed by atoms with Gasteiger partial charge in [-0.25, -0.2) is 9.69 Å². The van der Waals surface area contributed by atoms with Crippen molar-refractivity contribution in [3.05, 3.63) is 71.8 Å². The fourth-order valence-electron chi connectivity index (χ4n) is 5.92. The van der Waals surface area contributed by atoms with Gasteiger partial charge in [-0.2, -0.15) is 0 Å². The molecule has 0 spiro atoms. The Hall–Kier alpha value is -3.84. The van der Waals surface area contributed by atoms with Gasteiger partial charge in [0.25, 0.3) is 0 Å². The van der Waals surface area contributed by atoms with E-state index in [1.165, 1.54) is 0 Å². The van der Waals surface area contributed by atoms with Crippen LogP contribution in [0.15, 0.2) is 60.7 Å². The minimum Gasteiger partial charge on any atom is -0.444 e. The second kappa shape index (κ2) is 14.1. The van der Waals surface area contributed by atoms with Crippen molar-refractivity contribution in [1.82, 2.24) is 9.80 Å². The fraction of sp³-hybridized carbons (Fsp3) is 0.484. The minimum atomic E-state index is -2.14. The van der Waals surface area contributed by atoms with Crippen LogP contribution in [0.3, 0.4) is 0 Å². The number of hydrogen-bond acceptors (Lipinski definition) is 9. The Morgan fingerprint density at radius 2 is 1.58 bits per heavy atom. The first-order valence-electron chi connectivity index (χ1n) is 14.3. The molecule has 1 fully saturated rings.